The van der Waals surface area contributed by atoms with Gasteiger partial charge in [-0.05, 0) is 48.0 Å². The quantitative estimate of drug-likeness (QED) is 0.865. The number of anilines is 3. The van der Waals surface area contributed by atoms with Crippen LogP contribution in [0.2, 0.25) is 0 Å². The van der Waals surface area contributed by atoms with Crippen LogP contribution in [0, 0.1) is 0 Å². The molecule has 1 N–H and O–H groups in total. The number of nitrogens with zero attached hydrogens (tertiary/aromatic N) is 2. The lowest BCUT2D eigenvalue weighted by Gasteiger charge is -2.14. The number of carbonyl (C=O) groups is 2. The van der Waals surface area contributed by atoms with Crippen molar-refractivity contribution in [2.75, 3.05) is 34.7 Å². The summed E-state index contributed by atoms with van der Waals surface area (Å²) in [5.41, 5.74) is 2.42. The normalized spacial score (nSPS) is 16.5. The highest BCUT2D eigenvalue weighted by atomic mass is 32.2. The summed E-state index contributed by atoms with van der Waals surface area (Å²) in [4.78, 5) is 26.4. The van der Waals surface area contributed by atoms with E-state index in [9.17, 15) is 18.0 Å². The van der Waals surface area contributed by atoms with Crippen molar-refractivity contribution in [3.63, 3.8) is 0 Å². The first-order valence-electron chi connectivity index (χ1n) is 8.32. The fraction of sp³-hybridized carbons (Fsp3) is 0.222. The van der Waals surface area contributed by atoms with Crippen LogP contribution in [-0.2, 0) is 26.0 Å². The Labute approximate surface area is 156 Å². The van der Waals surface area contributed by atoms with Crippen LogP contribution in [0.1, 0.15) is 5.56 Å². The van der Waals surface area contributed by atoms with Crippen molar-refractivity contribution < 1.29 is 22.7 Å². The first kappa shape index (κ1) is 17.3. The van der Waals surface area contributed by atoms with Gasteiger partial charge < -0.3 is 9.64 Å². The van der Waals surface area contributed by atoms with Gasteiger partial charge in [0.15, 0.2) is 0 Å². The minimum Gasteiger partial charge on any atom is -0.447 e. The van der Waals surface area contributed by atoms with Gasteiger partial charge in [-0.25, -0.2) is 13.2 Å². The van der Waals surface area contributed by atoms with Crippen LogP contribution in [0.4, 0.5) is 21.9 Å². The van der Waals surface area contributed by atoms with Gasteiger partial charge in [0.1, 0.15) is 6.61 Å². The molecule has 2 aliphatic heterocycles. The molecule has 0 spiro atoms. The molecule has 9 heteroatoms. The summed E-state index contributed by atoms with van der Waals surface area (Å²) in [6, 6.07) is 11.1. The second-order valence-corrected chi connectivity index (χ2v) is 8.02. The number of likely N-dealkylation sites (N-methyl/N-ethyl adjacent to an activating group) is 1. The number of benzene rings is 2. The van der Waals surface area contributed by atoms with Crippen molar-refractivity contribution in [1.29, 1.82) is 0 Å². The molecule has 8 nitrogen and oxygen atoms in total. The van der Waals surface area contributed by atoms with Crippen LogP contribution in [0.25, 0.3) is 0 Å². The largest absolute Gasteiger partial charge is 0.447 e. The summed E-state index contributed by atoms with van der Waals surface area (Å²) in [6.45, 7) is 0.801. The first-order valence-corrected chi connectivity index (χ1v) is 9.80. The summed E-state index contributed by atoms with van der Waals surface area (Å²) < 4.78 is 32.7. The average molecular weight is 387 g/mol. The number of ether oxygens (including phenoxy) is 1. The molecule has 2 aliphatic rings. The van der Waals surface area contributed by atoms with Gasteiger partial charge in [-0.15, -0.1) is 0 Å². The Bertz CT molecular complexity index is 1030. The molecule has 0 saturated carbocycles. The second kappa shape index (κ2) is 6.27. The van der Waals surface area contributed by atoms with Gasteiger partial charge in [0.25, 0.3) is 10.0 Å². The minimum absolute atomic E-state index is 0.0662. The molecular formula is C18H17N3O5S. The fourth-order valence-electron chi connectivity index (χ4n) is 3.17. The lowest BCUT2D eigenvalue weighted by Crippen LogP contribution is -2.23. The molecule has 140 valence electrons. The zero-order valence-corrected chi connectivity index (χ0v) is 15.3. The number of nitrogens with one attached hydrogen (secondary N) is 1. The van der Waals surface area contributed by atoms with E-state index in [4.69, 9.17) is 4.74 Å². The number of cyclic esters (lactones) is 1. The highest BCUT2D eigenvalue weighted by molar-refractivity contribution is 7.92. The molecule has 2 aromatic carbocycles. The Morgan fingerprint density at radius 2 is 1.81 bits per heavy atom. The van der Waals surface area contributed by atoms with Gasteiger partial charge in [-0.2, -0.15) is 0 Å². The standard InChI is InChI=1S/C18H17N3O5S/c1-20-16-7-6-15(10-12(16)11-17(20)22)27(24,25)19-13-2-4-14(5-3-13)21-8-9-26-18(21)23/h2-7,10,19H,8-9,11H2,1H3. The summed E-state index contributed by atoms with van der Waals surface area (Å²) in [5.74, 6) is -0.0662. The van der Waals surface area contributed by atoms with Crippen molar-refractivity contribution in [1.82, 2.24) is 0 Å². The van der Waals surface area contributed by atoms with Crippen molar-refractivity contribution in [2.24, 2.45) is 0 Å². The van der Waals surface area contributed by atoms with E-state index in [1.54, 1.807) is 37.4 Å². The maximum atomic E-state index is 12.7. The van der Waals surface area contributed by atoms with Gasteiger partial charge in [-0.3, -0.25) is 14.4 Å². The number of hydrogen-bond donors (Lipinski definition) is 1. The average Bonchev–Trinajstić information content (AvgIpc) is 3.18. The minimum atomic E-state index is -3.80. The molecule has 4 rings (SSSR count). The molecule has 0 bridgehead atoms. The summed E-state index contributed by atoms with van der Waals surface area (Å²) >= 11 is 0. The Balaban J connectivity index is 1.55. The Morgan fingerprint density at radius 1 is 1.07 bits per heavy atom. The third-order valence-corrected chi connectivity index (χ3v) is 6.01. The second-order valence-electron chi connectivity index (χ2n) is 6.34. The van der Waals surface area contributed by atoms with Crippen molar-refractivity contribution in [2.45, 2.75) is 11.3 Å². The molecule has 0 aromatic heterocycles. The van der Waals surface area contributed by atoms with Crippen LogP contribution in [0.5, 0.6) is 0 Å². The van der Waals surface area contributed by atoms with Crippen molar-refractivity contribution >= 4 is 39.1 Å². The number of hydrogen-bond acceptors (Lipinski definition) is 5. The topological polar surface area (TPSA) is 96.0 Å². The Hall–Kier alpha value is -3.07. The predicted molar refractivity (Wildman–Crippen MR) is 99.5 cm³/mol. The summed E-state index contributed by atoms with van der Waals surface area (Å²) in [7, 11) is -2.13. The van der Waals surface area contributed by atoms with E-state index < -0.39 is 16.1 Å². The van der Waals surface area contributed by atoms with Gasteiger partial charge in [0, 0.05) is 24.1 Å². The van der Waals surface area contributed by atoms with Gasteiger partial charge in [0.05, 0.1) is 17.9 Å². The lowest BCUT2D eigenvalue weighted by molar-refractivity contribution is -0.117. The molecule has 0 radical (unpaired) electrons. The van der Waals surface area contributed by atoms with E-state index in [0.29, 0.717) is 30.1 Å². The summed E-state index contributed by atoms with van der Waals surface area (Å²) in [5, 5.41) is 0. The first-order chi connectivity index (χ1) is 12.8. The van der Waals surface area contributed by atoms with E-state index in [2.05, 4.69) is 4.72 Å². The molecule has 0 aliphatic carbocycles. The van der Waals surface area contributed by atoms with Crippen LogP contribution in [0.15, 0.2) is 47.4 Å². The lowest BCUT2D eigenvalue weighted by atomic mass is 10.2. The third-order valence-electron chi connectivity index (χ3n) is 4.63. The van der Waals surface area contributed by atoms with Gasteiger partial charge in [-0.1, -0.05) is 0 Å². The van der Waals surface area contributed by atoms with Crippen LogP contribution >= 0.6 is 0 Å². The molecular weight excluding hydrogens is 370 g/mol. The molecule has 0 atom stereocenters. The third kappa shape index (κ3) is 3.10. The number of rotatable bonds is 4. The van der Waals surface area contributed by atoms with Crippen molar-refractivity contribution in [3.8, 4) is 0 Å². The fourth-order valence-corrected chi connectivity index (χ4v) is 4.27. The number of amides is 2. The van der Waals surface area contributed by atoms with E-state index in [1.807, 2.05) is 0 Å². The maximum Gasteiger partial charge on any atom is 0.414 e. The molecule has 2 heterocycles. The van der Waals surface area contributed by atoms with Crippen LogP contribution < -0.4 is 14.5 Å². The molecule has 1 saturated heterocycles. The smallest absolute Gasteiger partial charge is 0.414 e. The van der Waals surface area contributed by atoms with E-state index >= 15 is 0 Å². The number of carbonyl (C=O) groups excluding carboxylic acids is 2. The van der Waals surface area contributed by atoms with Crippen molar-refractivity contribution in [3.05, 3.63) is 48.0 Å². The monoisotopic (exact) mass is 387 g/mol. The van der Waals surface area contributed by atoms with E-state index in [-0.39, 0.29) is 17.2 Å². The van der Waals surface area contributed by atoms with Gasteiger partial charge in [0.2, 0.25) is 5.91 Å². The Kier molecular flexibility index (Phi) is 4.03. The predicted octanol–water partition coefficient (Wildman–Crippen LogP) is 1.96. The Morgan fingerprint density at radius 3 is 2.48 bits per heavy atom. The molecule has 27 heavy (non-hydrogen) atoms. The van der Waals surface area contributed by atoms with E-state index in [0.717, 1.165) is 5.69 Å². The van der Waals surface area contributed by atoms with Crippen LogP contribution in [-0.4, -0.2) is 40.6 Å². The summed E-state index contributed by atoms with van der Waals surface area (Å²) in [6.07, 6.45) is -0.225. The maximum absolute atomic E-state index is 12.7. The number of fused-ring (bicyclic) bond motifs is 1. The highest BCUT2D eigenvalue weighted by Gasteiger charge is 2.27. The zero-order valence-electron chi connectivity index (χ0n) is 14.5. The zero-order chi connectivity index (χ0) is 19.2. The molecule has 1 fully saturated rings. The van der Waals surface area contributed by atoms with E-state index in [1.165, 1.54) is 21.9 Å². The van der Waals surface area contributed by atoms with Crippen LogP contribution in [0.3, 0.4) is 0 Å². The van der Waals surface area contributed by atoms with Gasteiger partial charge >= 0.3 is 6.09 Å². The number of sulfonamides is 1. The molecule has 0 unspecified atom stereocenters. The highest BCUT2D eigenvalue weighted by Crippen LogP contribution is 2.30. The molecule has 2 aromatic rings. The molecule has 2 amide bonds. The SMILES string of the molecule is CN1C(=O)Cc2cc(S(=O)(=O)Nc3ccc(N4CCOC4=O)cc3)ccc21.